The lowest BCUT2D eigenvalue weighted by Crippen LogP contribution is -2.40. The summed E-state index contributed by atoms with van der Waals surface area (Å²) < 4.78 is 13.9. The van der Waals surface area contributed by atoms with Gasteiger partial charge in [-0.3, -0.25) is 14.5 Å². The summed E-state index contributed by atoms with van der Waals surface area (Å²) in [5.41, 5.74) is 7.83. The number of piperidine rings is 1. The fourth-order valence-electron chi connectivity index (χ4n) is 3.71. The molecule has 1 aliphatic heterocycles. The van der Waals surface area contributed by atoms with Crippen LogP contribution < -0.4 is 11.1 Å². The maximum Gasteiger partial charge on any atom is 0.275 e. The smallest absolute Gasteiger partial charge is 0.275 e. The molecule has 2 aromatic carbocycles. The zero-order valence-corrected chi connectivity index (χ0v) is 17.7. The third kappa shape index (κ3) is 5.15. The number of hydrogen-bond acceptors (Lipinski definition) is 5. The lowest BCUT2D eigenvalue weighted by molar-refractivity contribution is -0.123. The molecule has 160 valence electrons. The number of carbonyl (C=O) groups excluding carboxylic acids is 2. The number of rotatable bonds is 6. The lowest BCUT2D eigenvalue weighted by atomic mass is 9.97. The van der Waals surface area contributed by atoms with Crippen LogP contribution >= 0.6 is 11.3 Å². The molecule has 6 nitrogen and oxygen atoms in total. The summed E-state index contributed by atoms with van der Waals surface area (Å²) in [6.07, 6.45) is 1.82. The van der Waals surface area contributed by atoms with Gasteiger partial charge in [0, 0.05) is 29.7 Å². The van der Waals surface area contributed by atoms with Crippen molar-refractivity contribution < 1.29 is 14.0 Å². The number of aromatic nitrogens is 1. The number of nitrogens with two attached hydrogens (primary N) is 1. The van der Waals surface area contributed by atoms with E-state index in [1.807, 2.05) is 24.3 Å². The number of primary amides is 1. The maximum absolute atomic E-state index is 13.9. The van der Waals surface area contributed by atoms with Gasteiger partial charge in [0.1, 0.15) is 16.5 Å². The first-order chi connectivity index (χ1) is 15.0. The summed E-state index contributed by atoms with van der Waals surface area (Å²) in [5.74, 6) is -1.02. The van der Waals surface area contributed by atoms with Gasteiger partial charge in [-0.25, -0.2) is 9.37 Å². The molecule has 0 aliphatic carbocycles. The molecule has 4 rings (SSSR count). The average Bonchev–Trinajstić information content (AvgIpc) is 3.26. The van der Waals surface area contributed by atoms with Crippen molar-refractivity contribution in [3.8, 4) is 10.6 Å². The number of hydrogen-bond donors (Lipinski definition) is 2. The van der Waals surface area contributed by atoms with Gasteiger partial charge in [-0.05, 0) is 49.2 Å². The molecule has 1 aliphatic rings. The number of nitrogens with one attached hydrogen (secondary N) is 1. The Kier molecular flexibility index (Phi) is 6.39. The summed E-state index contributed by atoms with van der Waals surface area (Å²) in [6.45, 7) is 2.36. The van der Waals surface area contributed by atoms with E-state index in [4.69, 9.17) is 5.73 Å². The second-order valence-corrected chi connectivity index (χ2v) is 8.50. The van der Waals surface area contributed by atoms with Gasteiger partial charge in [-0.2, -0.15) is 0 Å². The quantitative estimate of drug-likeness (QED) is 0.611. The van der Waals surface area contributed by atoms with E-state index in [9.17, 15) is 14.0 Å². The SMILES string of the molecule is NC(=O)C1CCCN(Cc2ccc(NC(=O)c3csc(-c4ccccc4F)n3)cc2)C1. The minimum Gasteiger partial charge on any atom is -0.369 e. The monoisotopic (exact) mass is 438 g/mol. The Balaban J connectivity index is 1.36. The van der Waals surface area contributed by atoms with Gasteiger partial charge in [-0.1, -0.05) is 24.3 Å². The van der Waals surface area contributed by atoms with Gasteiger partial charge in [0.05, 0.1) is 5.92 Å². The molecule has 1 unspecified atom stereocenters. The predicted molar refractivity (Wildman–Crippen MR) is 119 cm³/mol. The van der Waals surface area contributed by atoms with E-state index in [0.717, 1.165) is 31.5 Å². The Hall–Kier alpha value is -3.10. The summed E-state index contributed by atoms with van der Waals surface area (Å²) >= 11 is 1.23. The van der Waals surface area contributed by atoms with Crippen molar-refractivity contribution in [2.45, 2.75) is 19.4 Å². The van der Waals surface area contributed by atoms with E-state index in [1.165, 1.54) is 17.4 Å². The fraction of sp³-hybridized carbons (Fsp3) is 0.261. The molecule has 3 aromatic rings. The maximum atomic E-state index is 13.9. The Morgan fingerprint density at radius 1 is 1.19 bits per heavy atom. The number of amides is 2. The van der Waals surface area contributed by atoms with Crippen LogP contribution in [0.3, 0.4) is 0 Å². The van der Waals surface area contributed by atoms with Crippen LogP contribution in [0.25, 0.3) is 10.6 Å². The molecule has 2 heterocycles. The summed E-state index contributed by atoms with van der Waals surface area (Å²) in [6, 6.07) is 14.0. The highest BCUT2D eigenvalue weighted by atomic mass is 32.1. The van der Waals surface area contributed by atoms with E-state index in [2.05, 4.69) is 15.2 Å². The van der Waals surface area contributed by atoms with Crippen molar-refractivity contribution in [1.82, 2.24) is 9.88 Å². The summed E-state index contributed by atoms with van der Waals surface area (Å²) in [7, 11) is 0. The minimum atomic E-state index is -0.366. The van der Waals surface area contributed by atoms with Gasteiger partial charge in [0.15, 0.2) is 0 Å². The van der Waals surface area contributed by atoms with Gasteiger partial charge >= 0.3 is 0 Å². The van der Waals surface area contributed by atoms with E-state index in [1.54, 1.807) is 23.6 Å². The molecule has 0 radical (unpaired) electrons. The second kappa shape index (κ2) is 9.36. The molecule has 1 saturated heterocycles. The normalized spacial score (nSPS) is 16.7. The zero-order valence-electron chi connectivity index (χ0n) is 16.9. The minimum absolute atomic E-state index is 0.0836. The predicted octanol–water partition coefficient (Wildman–Crippen LogP) is 3.90. The van der Waals surface area contributed by atoms with Crippen LogP contribution in [0.5, 0.6) is 0 Å². The molecule has 1 fully saturated rings. The third-order valence-electron chi connectivity index (χ3n) is 5.37. The van der Waals surface area contributed by atoms with E-state index in [0.29, 0.717) is 22.8 Å². The van der Waals surface area contributed by atoms with Gasteiger partial charge < -0.3 is 11.1 Å². The molecular formula is C23H23FN4O2S. The molecule has 1 aromatic heterocycles. The topological polar surface area (TPSA) is 88.3 Å². The molecule has 1 atom stereocenters. The highest BCUT2D eigenvalue weighted by Crippen LogP contribution is 2.26. The Morgan fingerprint density at radius 2 is 1.97 bits per heavy atom. The first kappa shape index (κ1) is 21.1. The van der Waals surface area contributed by atoms with Crippen LogP contribution in [0.2, 0.25) is 0 Å². The van der Waals surface area contributed by atoms with Crippen LogP contribution in [0.1, 0.15) is 28.9 Å². The number of nitrogens with zero attached hydrogens (tertiary/aromatic N) is 2. The van der Waals surface area contributed by atoms with Crippen LogP contribution in [0.15, 0.2) is 53.9 Å². The molecule has 0 spiro atoms. The number of thiazole rings is 1. The largest absolute Gasteiger partial charge is 0.369 e. The molecule has 0 saturated carbocycles. The van der Waals surface area contributed by atoms with Gasteiger partial charge in [-0.15, -0.1) is 11.3 Å². The van der Waals surface area contributed by atoms with Crippen molar-refractivity contribution in [1.29, 1.82) is 0 Å². The Morgan fingerprint density at radius 3 is 2.71 bits per heavy atom. The summed E-state index contributed by atoms with van der Waals surface area (Å²) in [5, 5.41) is 4.92. The molecule has 3 N–H and O–H groups in total. The first-order valence-electron chi connectivity index (χ1n) is 10.1. The van der Waals surface area contributed by atoms with Crippen molar-refractivity contribution in [3.63, 3.8) is 0 Å². The number of benzene rings is 2. The van der Waals surface area contributed by atoms with E-state index < -0.39 is 0 Å². The fourth-order valence-corrected chi connectivity index (χ4v) is 4.54. The standard InChI is InChI=1S/C23H23FN4O2S/c24-19-6-2-1-5-18(19)23-27-20(14-31-23)22(30)26-17-9-7-15(8-10-17)12-28-11-3-4-16(13-28)21(25)29/h1-2,5-10,14,16H,3-4,11-13H2,(H2,25,29)(H,26,30). The highest BCUT2D eigenvalue weighted by molar-refractivity contribution is 7.13. The number of carbonyl (C=O) groups is 2. The Bertz CT molecular complexity index is 1080. The van der Waals surface area contributed by atoms with Crippen molar-refractivity contribution >= 4 is 28.8 Å². The summed E-state index contributed by atoms with van der Waals surface area (Å²) in [4.78, 5) is 30.5. The van der Waals surface area contributed by atoms with Crippen LogP contribution in [-0.4, -0.2) is 34.8 Å². The van der Waals surface area contributed by atoms with Crippen molar-refractivity contribution in [2.75, 3.05) is 18.4 Å². The van der Waals surface area contributed by atoms with Crippen LogP contribution in [-0.2, 0) is 11.3 Å². The van der Waals surface area contributed by atoms with Crippen LogP contribution in [0, 0.1) is 11.7 Å². The second-order valence-electron chi connectivity index (χ2n) is 7.65. The van der Waals surface area contributed by atoms with Crippen molar-refractivity contribution in [3.05, 3.63) is 71.0 Å². The van der Waals surface area contributed by atoms with Crippen LogP contribution in [0.4, 0.5) is 10.1 Å². The number of anilines is 1. The third-order valence-corrected chi connectivity index (χ3v) is 6.24. The molecule has 2 amide bonds. The van der Waals surface area contributed by atoms with Gasteiger partial charge in [0.2, 0.25) is 5.91 Å². The van der Waals surface area contributed by atoms with Gasteiger partial charge in [0.25, 0.3) is 5.91 Å². The molecular weight excluding hydrogens is 415 g/mol. The zero-order chi connectivity index (χ0) is 21.8. The lowest BCUT2D eigenvalue weighted by Gasteiger charge is -2.31. The number of likely N-dealkylation sites (tertiary alicyclic amines) is 1. The molecule has 0 bridgehead atoms. The Labute approximate surface area is 183 Å². The highest BCUT2D eigenvalue weighted by Gasteiger charge is 2.23. The van der Waals surface area contributed by atoms with Crippen molar-refractivity contribution in [2.24, 2.45) is 11.7 Å². The van der Waals surface area contributed by atoms with E-state index >= 15 is 0 Å². The van der Waals surface area contributed by atoms with E-state index in [-0.39, 0.29) is 29.2 Å². The average molecular weight is 439 g/mol. The molecule has 31 heavy (non-hydrogen) atoms. The molecule has 8 heteroatoms. The number of halogens is 1. The first-order valence-corrected chi connectivity index (χ1v) is 11.0.